The van der Waals surface area contributed by atoms with Crippen LogP contribution in [0.2, 0.25) is 0 Å². The van der Waals surface area contributed by atoms with Gasteiger partial charge < -0.3 is 19.1 Å². The van der Waals surface area contributed by atoms with E-state index in [9.17, 15) is 4.79 Å². The molecule has 0 aliphatic rings. The van der Waals surface area contributed by atoms with E-state index in [0.717, 1.165) is 12.3 Å². The van der Waals surface area contributed by atoms with E-state index in [1.807, 2.05) is 19.0 Å². The fourth-order valence-corrected chi connectivity index (χ4v) is 2.21. The maximum Gasteiger partial charge on any atom is 0.271 e. The highest BCUT2D eigenvalue weighted by Gasteiger charge is 2.06. The monoisotopic (exact) mass is 371 g/mol. The average Bonchev–Trinajstić information content (AvgIpc) is 2.68. The summed E-state index contributed by atoms with van der Waals surface area (Å²) in [5, 5.41) is 4.00. The molecule has 0 radical (unpaired) electrons. The Morgan fingerprint density at radius 1 is 1.07 bits per heavy atom. The molecule has 7 nitrogen and oxygen atoms in total. The molecule has 0 bridgehead atoms. The molecule has 0 saturated heterocycles. The minimum atomic E-state index is -0.312. The molecule has 0 heterocycles. The van der Waals surface area contributed by atoms with Crippen molar-refractivity contribution in [1.82, 2.24) is 10.3 Å². The Morgan fingerprint density at radius 2 is 1.78 bits per heavy atom. The molecule has 2 aromatic carbocycles. The first-order chi connectivity index (χ1) is 13.0. The highest BCUT2D eigenvalue weighted by atomic mass is 16.5. The molecule has 0 unspecified atom stereocenters. The Hall–Kier alpha value is -3.06. The predicted molar refractivity (Wildman–Crippen MR) is 105 cm³/mol. The Labute approximate surface area is 159 Å². The number of hydrazone groups is 1. The van der Waals surface area contributed by atoms with E-state index in [1.165, 1.54) is 6.21 Å². The summed E-state index contributed by atoms with van der Waals surface area (Å²) in [6, 6.07) is 12.3. The van der Waals surface area contributed by atoms with Crippen molar-refractivity contribution in [2.24, 2.45) is 5.10 Å². The van der Waals surface area contributed by atoms with Crippen LogP contribution in [0.1, 0.15) is 15.9 Å². The van der Waals surface area contributed by atoms with Crippen molar-refractivity contribution in [2.75, 3.05) is 41.5 Å². The lowest BCUT2D eigenvalue weighted by atomic mass is 10.2. The zero-order valence-electron chi connectivity index (χ0n) is 16.1. The number of hydrogen-bond donors (Lipinski definition) is 1. The number of likely N-dealkylation sites (N-methyl/N-ethyl adjacent to an activating group) is 1. The van der Waals surface area contributed by atoms with Gasteiger partial charge in [-0.2, -0.15) is 5.10 Å². The summed E-state index contributed by atoms with van der Waals surface area (Å²) < 4.78 is 16.1. The molecule has 0 saturated carbocycles. The van der Waals surface area contributed by atoms with E-state index in [0.29, 0.717) is 29.2 Å². The second-order valence-electron chi connectivity index (χ2n) is 5.98. The molecule has 2 aromatic rings. The van der Waals surface area contributed by atoms with E-state index in [1.54, 1.807) is 56.7 Å². The molecule has 144 valence electrons. The van der Waals surface area contributed by atoms with Crippen molar-refractivity contribution in [2.45, 2.75) is 0 Å². The van der Waals surface area contributed by atoms with Gasteiger partial charge in [-0.1, -0.05) is 0 Å². The van der Waals surface area contributed by atoms with Gasteiger partial charge in [-0.05, 0) is 56.6 Å². The van der Waals surface area contributed by atoms with Gasteiger partial charge in [0.15, 0.2) is 0 Å². The largest absolute Gasteiger partial charge is 0.497 e. The van der Waals surface area contributed by atoms with Crippen LogP contribution in [0.25, 0.3) is 0 Å². The Bertz CT molecular complexity index is 773. The number of ether oxygens (including phenoxy) is 3. The Morgan fingerprint density at radius 3 is 2.41 bits per heavy atom. The van der Waals surface area contributed by atoms with Gasteiger partial charge in [-0.3, -0.25) is 4.79 Å². The standard InChI is InChI=1S/C20H25N3O4/c1-23(2)11-12-27-17-7-5-15(6-8-17)20(24)22-21-14-16-13-18(25-3)9-10-19(16)26-4/h5-10,13-14H,11-12H2,1-4H3,(H,22,24)/b21-14+. The molecule has 0 fully saturated rings. The van der Waals surface area contributed by atoms with Gasteiger partial charge >= 0.3 is 0 Å². The highest BCUT2D eigenvalue weighted by Crippen LogP contribution is 2.22. The van der Waals surface area contributed by atoms with Gasteiger partial charge in [-0.15, -0.1) is 0 Å². The van der Waals surface area contributed by atoms with E-state index in [4.69, 9.17) is 14.2 Å². The SMILES string of the molecule is COc1ccc(OC)c(/C=N/NC(=O)c2ccc(OCCN(C)C)cc2)c1. The molecule has 7 heteroatoms. The molecular formula is C20H25N3O4. The second-order valence-corrected chi connectivity index (χ2v) is 5.98. The molecular weight excluding hydrogens is 346 g/mol. The lowest BCUT2D eigenvalue weighted by Gasteiger charge is -2.11. The fourth-order valence-electron chi connectivity index (χ4n) is 2.21. The molecule has 27 heavy (non-hydrogen) atoms. The summed E-state index contributed by atoms with van der Waals surface area (Å²) in [5.41, 5.74) is 3.69. The third kappa shape index (κ3) is 6.31. The first-order valence-corrected chi connectivity index (χ1v) is 8.46. The van der Waals surface area contributed by atoms with Crippen LogP contribution in [0.4, 0.5) is 0 Å². The Kier molecular flexibility index (Phi) is 7.63. The van der Waals surface area contributed by atoms with Crippen LogP contribution in [0.5, 0.6) is 17.2 Å². The van der Waals surface area contributed by atoms with Crippen LogP contribution < -0.4 is 19.6 Å². The number of carbonyl (C=O) groups is 1. The number of hydrogen-bond acceptors (Lipinski definition) is 6. The first kappa shape index (κ1) is 20.3. The number of rotatable bonds is 9. The summed E-state index contributed by atoms with van der Waals surface area (Å²) in [5.74, 6) is 1.72. The third-order valence-corrected chi connectivity index (χ3v) is 3.73. The van der Waals surface area contributed by atoms with Gasteiger partial charge in [0, 0.05) is 17.7 Å². The quantitative estimate of drug-likeness (QED) is 0.541. The predicted octanol–water partition coefficient (Wildman–Crippen LogP) is 2.41. The summed E-state index contributed by atoms with van der Waals surface area (Å²) in [6.45, 7) is 1.41. The van der Waals surface area contributed by atoms with Crippen molar-refractivity contribution in [3.05, 3.63) is 53.6 Å². The van der Waals surface area contributed by atoms with Gasteiger partial charge in [0.1, 0.15) is 23.9 Å². The van der Waals surface area contributed by atoms with E-state index < -0.39 is 0 Å². The van der Waals surface area contributed by atoms with Crippen molar-refractivity contribution in [3.63, 3.8) is 0 Å². The molecule has 0 atom stereocenters. The topological polar surface area (TPSA) is 72.4 Å². The normalized spacial score (nSPS) is 10.9. The van der Waals surface area contributed by atoms with E-state index in [-0.39, 0.29) is 5.91 Å². The molecule has 0 spiro atoms. The fraction of sp³-hybridized carbons (Fsp3) is 0.300. The van der Waals surface area contributed by atoms with Crippen LogP contribution in [-0.4, -0.2) is 58.5 Å². The van der Waals surface area contributed by atoms with E-state index >= 15 is 0 Å². The number of methoxy groups -OCH3 is 2. The van der Waals surface area contributed by atoms with Crippen molar-refractivity contribution >= 4 is 12.1 Å². The first-order valence-electron chi connectivity index (χ1n) is 8.46. The van der Waals surface area contributed by atoms with Gasteiger partial charge in [0.2, 0.25) is 0 Å². The molecule has 0 aromatic heterocycles. The zero-order valence-corrected chi connectivity index (χ0v) is 16.1. The highest BCUT2D eigenvalue weighted by molar-refractivity contribution is 5.95. The molecule has 2 rings (SSSR count). The van der Waals surface area contributed by atoms with Crippen LogP contribution >= 0.6 is 0 Å². The number of carbonyl (C=O) groups excluding carboxylic acids is 1. The van der Waals surface area contributed by atoms with Crippen LogP contribution in [-0.2, 0) is 0 Å². The van der Waals surface area contributed by atoms with Crippen LogP contribution in [0, 0.1) is 0 Å². The average molecular weight is 371 g/mol. The molecule has 1 N–H and O–H groups in total. The lowest BCUT2D eigenvalue weighted by Crippen LogP contribution is -2.19. The van der Waals surface area contributed by atoms with Gasteiger partial charge in [0.05, 0.1) is 20.4 Å². The summed E-state index contributed by atoms with van der Waals surface area (Å²) in [7, 11) is 7.12. The zero-order chi connectivity index (χ0) is 19.6. The number of nitrogens with zero attached hydrogens (tertiary/aromatic N) is 2. The summed E-state index contributed by atoms with van der Waals surface area (Å²) >= 11 is 0. The molecule has 0 aliphatic carbocycles. The number of nitrogens with one attached hydrogen (secondary N) is 1. The lowest BCUT2D eigenvalue weighted by molar-refractivity contribution is 0.0955. The molecule has 0 aliphatic heterocycles. The van der Waals surface area contributed by atoms with E-state index in [2.05, 4.69) is 10.5 Å². The number of amides is 1. The third-order valence-electron chi connectivity index (χ3n) is 3.73. The van der Waals surface area contributed by atoms with Crippen molar-refractivity contribution < 1.29 is 19.0 Å². The van der Waals surface area contributed by atoms with Crippen molar-refractivity contribution in [3.8, 4) is 17.2 Å². The maximum absolute atomic E-state index is 12.2. The van der Waals surface area contributed by atoms with Gasteiger partial charge in [0.25, 0.3) is 5.91 Å². The summed E-state index contributed by atoms with van der Waals surface area (Å²) in [6.07, 6.45) is 1.51. The Balaban J connectivity index is 1.94. The number of benzene rings is 2. The minimum Gasteiger partial charge on any atom is -0.497 e. The maximum atomic E-state index is 12.2. The minimum absolute atomic E-state index is 0.312. The molecule has 1 amide bonds. The smallest absolute Gasteiger partial charge is 0.271 e. The van der Waals surface area contributed by atoms with Crippen LogP contribution in [0.3, 0.4) is 0 Å². The summed E-state index contributed by atoms with van der Waals surface area (Å²) in [4.78, 5) is 14.2. The second kappa shape index (κ2) is 10.2. The van der Waals surface area contributed by atoms with Gasteiger partial charge in [-0.25, -0.2) is 5.43 Å². The van der Waals surface area contributed by atoms with Crippen molar-refractivity contribution in [1.29, 1.82) is 0 Å². The van der Waals surface area contributed by atoms with Crippen LogP contribution in [0.15, 0.2) is 47.6 Å².